The minimum atomic E-state index is -3.57. The normalized spacial score (nSPS) is 22.3. The summed E-state index contributed by atoms with van der Waals surface area (Å²) in [7, 11) is -3.57. The van der Waals surface area contributed by atoms with Crippen molar-refractivity contribution in [1.29, 1.82) is 0 Å². The van der Waals surface area contributed by atoms with Crippen LogP contribution >= 0.6 is 0 Å². The third-order valence-electron chi connectivity index (χ3n) is 5.85. The highest BCUT2D eigenvalue weighted by Crippen LogP contribution is 2.35. The van der Waals surface area contributed by atoms with Crippen molar-refractivity contribution in [3.63, 3.8) is 0 Å². The van der Waals surface area contributed by atoms with Crippen molar-refractivity contribution in [3.8, 4) is 0 Å². The monoisotopic (exact) mass is 390 g/mol. The average Bonchev–Trinajstić information content (AvgIpc) is 3.29. The zero-order valence-corrected chi connectivity index (χ0v) is 16.2. The maximum Gasteiger partial charge on any atom is 0.251 e. The molecule has 7 nitrogen and oxygen atoms in total. The fourth-order valence-electron chi connectivity index (χ4n) is 4.44. The van der Waals surface area contributed by atoms with E-state index in [2.05, 4.69) is 10.3 Å². The summed E-state index contributed by atoms with van der Waals surface area (Å²) in [6.07, 6.45) is 7.09. The lowest BCUT2D eigenvalue weighted by atomic mass is 9.82. The second kappa shape index (κ2) is 7.24. The van der Waals surface area contributed by atoms with Crippen LogP contribution in [0.3, 0.4) is 0 Å². The van der Waals surface area contributed by atoms with E-state index in [-0.39, 0.29) is 18.2 Å². The Bertz CT molecular complexity index is 875. The van der Waals surface area contributed by atoms with E-state index < -0.39 is 10.0 Å². The Hall–Kier alpha value is -1.93. The minimum absolute atomic E-state index is 0.0138. The fraction of sp³-hybridized carbons (Fsp3) is 0.579. The van der Waals surface area contributed by atoms with Crippen LogP contribution in [0.25, 0.3) is 0 Å². The first-order valence-electron chi connectivity index (χ1n) is 9.68. The van der Waals surface area contributed by atoms with Gasteiger partial charge in [-0.1, -0.05) is 18.9 Å². The predicted molar refractivity (Wildman–Crippen MR) is 104 cm³/mol. The number of benzene rings is 1. The molecule has 3 aliphatic rings. The lowest BCUT2D eigenvalue weighted by molar-refractivity contribution is 0.0956. The van der Waals surface area contributed by atoms with Crippen LogP contribution in [-0.2, 0) is 16.4 Å². The number of hydrazone groups is 1. The lowest BCUT2D eigenvalue weighted by Gasteiger charge is -2.24. The number of fused-ring (bicyclic) bond motifs is 3. The van der Waals surface area contributed by atoms with Gasteiger partial charge in [-0.25, -0.2) is 13.6 Å². The van der Waals surface area contributed by atoms with Gasteiger partial charge in [-0.2, -0.15) is 5.10 Å². The molecule has 3 N–H and O–H groups in total. The van der Waals surface area contributed by atoms with Crippen LogP contribution in [-0.4, -0.2) is 49.9 Å². The van der Waals surface area contributed by atoms with Crippen LogP contribution in [0.2, 0.25) is 0 Å². The van der Waals surface area contributed by atoms with Gasteiger partial charge in [-0.3, -0.25) is 9.80 Å². The van der Waals surface area contributed by atoms with Gasteiger partial charge in [0.1, 0.15) is 0 Å². The van der Waals surface area contributed by atoms with Crippen LogP contribution < -0.4 is 10.5 Å². The standard InChI is InChI=1S/C19H26N4O3S/c20-27(25,26)10-9-21-19(24)14-7-8-17-13(11-14)5-6-15-12-23(22-18(15)17)16-3-1-2-4-16/h7-8,11,15-16H,1-6,9-10,12H2,(H,21,24)(H2,20,25,26). The Balaban J connectivity index is 1.48. The Morgan fingerprint density at radius 3 is 2.78 bits per heavy atom. The number of aryl methyl sites for hydroxylation is 1. The topological polar surface area (TPSA) is 105 Å². The van der Waals surface area contributed by atoms with E-state index in [9.17, 15) is 13.2 Å². The average molecular weight is 391 g/mol. The highest BCUT2D eigenvalue weighted by atomic mass is 32.2. The molecule has 0 bridgehead atoms. The van der Waals surface area contributed by atoms with Gasteiger partial charge in [0.15, 0.2) is 0 Å². The molecule has 1 amide bonds. The van der Waals surface area contributed by atoms with Crippen LogP contribution in [0.5, 0.6) is 0 Å². The number of carbonyl (C=O) groups is 1. The van der Waals surface area contributed by atoms with Crippen LogP contribution in [0.4, 0.5) is 0 Å². The molecule has 0 radical (unpaired) electrons. The largest absolute Gasteiger partial charge is 0.351 e. The minimum Gasteiger partial charge on any atom is -0.351 e. The predicted octanol–water partition coefficient (Wildman–Crippen LogP) is 1.23. The molecule has 27 heavy (non-hydrogen) atoms. The molecule has 0 saturated heterocycles. The summed E-state index contributed by atoms with van der Waals surface area (Å²) in [6.45, 7) is 1.04. The summed E-state index contributed by atoms with van der Waals surface area (Å²) in [4.78, 5) is 12.3. The van der Waals surface area contributed by atoms with Gasteiger partial charge in [0.05, 0.1) is 11.5 Å². The summed E-state index contributed by atoms with van der Waals surface area (Å²) in [5.41, 5.74) is 4.03. The van der Waals surface area contributed by atoms with E-state index in [1.54, 1.807) is 6.07 Å². The van der Waals surface area contributed by atoms with Gasteiger partial charge in [0.25, 0.3) is 5.91 Å². The summed E-state index contributed by atoms with van der Waals surface area (Å²) >= 11 is 0. The second-order valence-corrected chi connectivity index (χ2v) is 9.51. The first-order chi connectivity index (χ1) is 12.9. The van der Waals surface area contributed by atoms with E-state index in [1.165, 1.54) is 31.4 Å². The van der Waals surface area contributed by atoms with Crippen molar-refractivity contribution in [2.45, 2.75) is 44.6 Å². The molecule has 2 aliphatic carbocycles. The molecule has 1 atom stereocenters. The van der Waals surface area contributed by atoms with E-state index in [1.807, 2.05) is 12.1 Å². The number of nitrogens with zero attached hydrogens (tertiary/aromatic N) is 2. The van der Waals surface area contributed by atoms with Crippen LogP contribution in [0.15, 0.2) is 23.3 Å². The highest BCUT2D eigenvalue weighted by molar-refractivity contribution is 7.89. The van der Waals surface area contributed by atoms with Crippen molar-refractivity contribution < 1.29 is 13.2 Å². The third kappa shape index (κ3) is 4.01. The molecular weight excluding hydrogens is 364 g/mol. The van der Waals surface area contributed by atoms with Gasteiger partial charge in [0, 0.05) is 36.2 Å². The summed E-state index contributed by atoms with van der Waals surface area (Å²) in [6, 6.07) is 6.30. The van der Waals surface area contributed by atoms with Crippen LogP contribution in [0, 0.1) is 5.92 Å². The van der Waals surface area contributed by atoms with Crippen molar-refractivity contribution in [2.24, 2.45) is 16.2 Å². The van der Waals surface area contributed by atoms with E-state index >= 15 is 0 Å². The number of nitrogens with one attached hydrogen (secondary N) is 1. The number of hydrogen-bond donors (Lipinski definition) is 2. The Morgan fingerprint density at radius 2 is 2.04 bits per heavy atom. The quantitative estimate of drug-likeness (QED) is 0.789. The van der Waals surface area contributed by atoms with Gasteiger partial charge in [-0.05, 0) is 43.4 Å². The molecule has 1 aliphatic heterocycles. The van der Waals surface area contributed by atoms with Crippen molar-refractivity contribution in [1.82, 2.24) is 10.3 Å². The molecule has 0 spiro atoms. The molecular formula is C19H26N4O3S. The molecule has 8 heteroatoms. The molecule has 1 unspecified atom stereocenters. The van der Waals surface area contributed by atoms with E-state index in [4.69, 9.17) is 10.2 Å². The Morgan fingerprint density at radius 1 is 1.26 bits per heavy atom. The first-order valence-corrected chi connectivity index (χ1v) is 11.4. The second-order valence-electron chi connectivity index (χ2n) is 7.78. The number of carbonyl (C=O) groups excluding carboxylic acids is 1. The number of rotatable bonds is 5. The number of sulfonamides is 1. The lowest BCUT2D eigenvalue weighted by Crippen LogP contribution is -2.32. The molecule has 1 aromatic carbocycles. The number of nitrogens with two attached hydrogens (primary N) is 1. The summed E-state index contributed by atoms with van der Waals surface area (Å²) in [5.74, 6) is -0.0452. The fourth-order valence-corrected chi connectivity index (χ4v) is 4.82. The van der Waals surface area contributed by atoms with Gasteiger partial charge >= 0.3 is 0 Å². The van der Waals surface area contributed by atoms with Gasteiger partial charge < -0.3 is 5.32 Å². The Labute approximate surface area is 160 Å². The number of amides is 1. The molecule has 1 fully saturated rings. The molecule has 0 aromatic heterocycles. The molecule has 1 saturated carbocycles. The molecule has 1 aromatic rings. The molecule has 1 heterocycles. The van der Waals surface area contributed by atoms with Crippen molar-refractivity contribution in [2.75, 3.05) is 18.8 Å². The summed E-state index contributed by atoms with van der Waals surface area (Å²) in [5, 5.41) is 14.8. The zero-order valence-electron chi connectivity index (χ0n) is 15.4. The number of primary sulfonamides is 1. The van der Waals surface area contributed by atoms with Crippen LogP contribution in [0.1, 0.15) is 53.6 Å². The zero-order chi connectivity index (χ0) is 19.0. The van der Waals surface area contributed by atoms with Gasteiger partial charge in [-0.15, -0.1) is 0 Å². The SMILES string of the molecule is NS(=O)(=O)CCNC(=O)c1ccc2c(c1)CCC1CN(C3CCCC3)N=C21. The third-order valence-corrected chi connectivity index (χ3v) is 6.63. The molecule has 4 rings (SSSR count). The van der Waals surface area contributed by atoms with Crippen molar-refractivity contribution >= 4 is 21.6 Å². The number of hydrogen-bond acceptors (Lipinski definition) is 5. The van der Waals surface area contributed by atoms with E-state index in [0.717, 1.165) is 30.5 Å². The first kappa shape index (κ1) is 18.4. The Kier molecular flexibility index (Phi) is 4.94. The van der Waals surface area contributed by atoms with Crippen molar-refractivity contribution in [3.05, 3.63) is 34.9 Å². The van der Waals surface area contributed by atoms with E-state index in [0.29, 0.717) is 17.5 Å². The smallest absolute Gasteiger partial charge is 0.251 e. The maximum absolute atomic E-state index is 12.3. The molecule has 146 valence electrons. The highest BCUT2D eigenvalue weighted by Gasteiger charge is 2.35. The maximum atomic E-state index is 12.3. The van der Waals surface area contributed by atoms with Gasteiger partial charge in [0.2, 0.25) is 10.0 Å². The summed E-state index contributed by atoms with van der Waals surface area (Å²) < 4.78 is 22.0.